The molecule has 23 heavy (non-hydrogen) atoms. The van der Waals surface area contributed by atoms with Crippen LogP contribution >= 0.6 is 0 Å². The van der Waals surface area contributed by atoms with Crippen LogP contribution in [0.15, 0.2) is 48.7 Å². The first-order valence-corrected chi connectivity index (χ1v) is 8.20. The van der Waals surface area contributed by atoms with Crippen LogP contribution in [0.1, 0.15) is 5.56 Å². The molecule has 3 aromatic rings. The van der Waals surface area contributed by atoms with E-state index in [1.165, 1.54) is 16.6 Å². The average molecular weight is 306 g/mol. The first-order valence-electron chi connectivity index (χ1n) is 8.20. The summed E-state index contributed by atoms with van der Waals surface area (Å²) in [6.07, 6.45) is 2.07. The van der Waals surface area contributed by atoms with Gasteiger partial charge in [0.2, 0.25) is 0 Å². The van der Waals surface area contributed by atoms with Gasteiger partial charge in [-0.2, -0.15) is 0 Å². The molecule has 0 spiro atoms. The highest BCUT2D eigenvalue weighted by Gasteiger charge is 2.19. The summed E-state index contributed by atoms with van der Waals surface area (Å²) < 4.78 is 2.09. The standard InChI is InChI=1S/C19H22N4/c1-15-5-3-4-6-17(15)22-11-13-23(14-12-22)18-8-7-16-9-10-21(2)19(16)20-18/h3-10H,11-14H2,1-2H3. The molecular weight excluding hydrogens is 284 g/mol. The molecule has 0 unspecified atom stereocenters. The van der Waals surface area contributed by atoms with Gasteiger partial charge in [0.1, 0.15) is 11.5 Å². The van der Waals surface area contributed by atoms with E-state index in [2.05, 4.69) is 77.0 Å². The minimum atomic E-state index is 1.01. The first kappa shape index (κ1) is 14.1. The summed E-state index contributed by atoms with van der Waals surface area (Å²) >= 11 is 0. The maximum Gasteiger partial charge on any atom is 0.142 e. The van der Waals surface area contributed by atoms with Crippen molar-refractivity contribution in [1.82, 2.24) is 9.55 Å². The Bertz CT molecular complexity index is 828. The number of aryl methyl sites for hydroxylation is 2. The predicted molar refractivity (Wildman–Crippen MR) is 96.3 cm³/mol. The van der Waals surface area contributed by atoms with Gasteiger partial charge in [-0.15, -0.1) is 0 Å². The maximum absolute atomic E-state index is 4.84. The van der Waals surface area contributed by atoms with Crippen LogP contribution in [0.5, 0.6) is 0 Å². The van der Waals surface area contributed by atoms with Crippen molar-refractivity contribution in [1.29, 1.82) is 0 Å². The van der Waals surface area contributed by atoms with Gasteiger partial charge in [-0.05, 0) is 36.8 Å². The monoisotopic (exact) mass is 306 g/mol. The highest BCUT2D eigenvalue weighted by Crippen LogP contribution is 2.24. The summed E-state index contributed by atoms with van der Waals surface area (Å²) in [6, 6.07) is 15.1. The molecule has 1 fully saturated rings. The van der Waals surface area contributed by atoms with E-state index in [0.717, 1.165) is 37.6 Å². The number of hydrogen-bond acceptors (Lipinski definition) is 3. The third-order valence-corrected chi connectivity index (χ3v) is 4.76. The van der Waals surface area contributed by atoms with E-state index in [1.54, 1.807) is 0 Å². The first-order chi connectivity index (χ1) is 11.2. The number of fused-ring (bicyclic) bond motifs is 1. The Kier molecular flexibility index (Phi) is 3.45. The Morgan fingerprint density at radius 3 is 2.39 bits per heavy atom. The lowest BCUT2D eigenvalue weighted by molar-refractivity contribution is 0.647. The summed E-state index contributed by atoms with van der Waals surface area (Å²) in [4.78, 5) is 9.71. The van der Waals surface area contributed by atoms with Gasteiger partial charge in [0.05, 0.1) is 0 Å². The van der Waals surface area contributed by atoms with E-state index in [0.29, 0.717) is 0 Å². The summed E-state index contributed by atoms with van der Waals surface area (Å²) in [7, 11) is 2.05. The summed E-state index contributed by atoms with van der Waals surface area (Å²) in [5.74, 6) is 1.09. The number of pyridine rings is 1. The van der Waals surface area contributed by atoms with Gasteiger partial charge in [0, 0.05) is 50.5 Å². The number of piperazine rings is 1. The van der Waals surface area contributed by atoms with Crippen LogP contribution in [-0.2, 0) is 7.05 Å². The minimum absolute atomic E-state index is 1.01. The molecule has 2 aromatic heterocycles. The summed E-state index contributed by atoms with van der Waals surface area (Å²) in [5.41, 5.74) is 3.77. The van der Waals surface area contributed by atoms with Crippen molar-refractivity contribution in [2.45, 2.75) is 6.92 Å². The fourth-order valence-electron chi connectivity index (χ4n) is 3.40. The molecule has 0 N–H and O–H groups in total. The molecule has 4 nitrogen and oxygen atoms in total. The molecule has 4 rings (SSSR count). The Balaban J connectivity index is 1.52. The van der Waals surface area contributed by atoms with Gasteiger partial charge in [0.15, 0.2) is 0 Å². The third kappa shape index (κ3) is 2.54. The van der Waals surface area contributed by atoms with Crippen molar-refractivity contribution in [2.24, 2.45) is 7.05 Å². The van der Waals surface area contributed by atoms with Gasteiger partial charge < -0.3 is 14.4 Å². The van der Waals surface area contributed by atoms with E-state index in [4.69, 9.17) is 4.98 Å². The van der Waals surface area contributed by atoms with Crippen molar-refractivity contribution in [3.05, 3.63) is 54.2 Å². The lowest BCUT2D eigenvalue weighted by Crippen LogP contribution is -2.47. The molecule has 1 saturated heterocycles. The zero-order valence-electron chi connectivity index (χ0n) is 13.7. The number of anilines is 2. The quantitative estimate of drug-likeness (QED) is 0.726. The van der Waals surface area contributed by atoms with Crippen LogP contribution in [0.2, 0.25) is 0 Å². The van der Waals surface area contributed by atoms with Gasteiger partial charge in [-0.1, -0.05) is 18.2 Å². The average Bonchev–Trinajstić information content (AvgIpc) is 2.96. The second-order valence-corrected chi connectivity index (χ2v) is 6.27. The Labute approximate surface area is 137 Å². The fraction of sp³-hybridized carbons (Fsp3) is 0.316. The maximum atomic E-state index is 4.84. The van der Waals surface area contributed by atoms with Gasteiger partial charge in [-0.25, -0.2) is 4.98 Å². The lowest BCUT2D eigenvalue weighted by Gasteiger charge is -2.37. The number of hydrogen-bond donors (Lipinski definition) is 0. The minimum Gasteiger partial charge on any atom is -0.368 e. The van der Waals surface area contributed by atoms with Crippen LogP contribution in [0.3, 0.4) is 0 Å². The molecule has 0 radical (unpaired) electrons. The van der Waals surface area contributed by atoms with Crippen molar-refractivity contribution in [3.8, 4) is 0 Å². The molecule has 0 saturated carbocycles. The Hall–Kier alpha value is -2.49. The second kappa shape index (κ2) is 5.61. The van der Waals surface area contributed by atoms with Crippen molar-refractivity contribution in [3.63, 3.8) is 0 Å². The number of para-hydroxylation sites is 1. The van der Waals surface area contributed by atoms with Crippen molar-refractivity contribution in [2.75, 3.05) is 36.0 Å². The SMILES string of the molecule is Cc1ccccc1N1CCN(c2ccc3ccn(C)c3n2)CC1. The van der Waals surface area contributed by atoms with Gasteiger partial charge in [-0.3, -0.25) is 0 Å². The molecule has 0 aliphatic carbocycles. The topological polar surface area (TPSA) is 24.3 Å². The highest BCUT2D eigenvalue weighted by atomic mass is 15.3. The highest BCUT2D eigenvalue weighted by molar-refractivity contribution is 5.78. The molecule has 0 atom stereocenters. The van der Waals surface area contributed by atoms with E-state index in [-0.39, 0.29) is 0 Å². The Morgan fingerprint density at radius 1 is 0.870 bits per heavy atom. The Morgan fingerprint density at radius 2 is 1.61 bits per heavy atom. The molecule has 4 heteroatoms. The molecule has 0 bridgehead atoms. The molecule has 0 amide bonds. The molecule has 1 aromatic carbocycles. The van der Waals surface area contributed by atoms with E-state index >= 15 is 0 Å². The van der Waals surface area contributed by atoms with Crippen LogP contribution in [-0.4, -0.2) is 35.7 Å². The van der Waals surface area contributed by atoms with Gasteiger partial charge >= 0.3 is 0 Å². The molecular formula is C19H22N4. The molecule has 1 aliphatic heterocycles. The normalized spacial score (nSPS) is 15.4. The largest absolute Gasteiger partial charge is 0.368 e. The van der Waals surface area contributed by atoms with Crippen LogP contribution in [0.4, 0.5) is 11.5 Å². The van der Waals surface area contributed by atoms with E-state index < -0.39 is 0 Å². The number of rotatable bonds is 2. The number of benzene rings is 1. The zero-order valence-corrected chi connectivity index (χ0v) is 13.7. The van der Waals surface area contributed by atoms with Crippen LogP contribution in [0, 0.1) is 6.92 Å². The number of aromatic nitrogens is 2. The van der Waals surface area contributed by atoms with Gasteiger partial charge in [0.25, 0.3) is 0 Å². The zero-order chi connectivity index (χ0) is 15.8. The fourth-order valence-corrected chi connectivity index (χ4v) is 3.40. The van der Waals surface area contributed by atoms with Crippen molar-refractivity contribution >= 4 is 22.5 Å². The summed E-state index contributed by atoms with van der Waals surface area (Å²) in [6.45, 7) is 6.29. The van der Waals surface area contributed by atoms with E-state index in [1.807, 2.05) is 0 Å². The smallest absolute Gasteiger partial charge is 0.142 e. The van der Waals surface area contributed by atoms with Crippen molar-refractivity contribution < 1.29 is 0 Å². The molecule has 118 valence electrons. The van der Waals surface area contributed by atoms with E-state index in [9.17, 15) is 0 Å². The number of nitrogens with zero attached hydrogens (tertiary/aromatic N) is 4. The molecule has 3 heterocycles. The predicted octanol–water partition coefficient (Wildman–Crippen LogP) is 3.21. The van der Waals surface area contributed by atoms with Crippen LogP contribution in [0.25, 0.3) is 11.0 Å². The second-order valence-electron chi connectivity index (χ2n) is 6.27. The third-order valence-electron chi connectivity index (χ3n) is 4.76. The van der Waals surface area contributed by atoms with Crippen LogP contribution < -0.4 is 9.80 Å². The molecule has 1 aliphatic rings. The summed E-state index contributed by atoms with van der Waals surface area (Å²) in [5, 5.41) is 1.20. The lowest BCUT2D eigenvalue weighted by atomic mass is 10.1.